The van der Waals surface area contributed by atoms with E-state index < -0.39 is 6.10 Å². The smallest absolute Gasteiger partial charge is 0.306 e. The Morgan fingerprint density at radius 3 is 0.785 bits per heavy atom. The summed E-state index contributed by atoms with van der Waals surface area (Å²) in [7, 11) is 0. The maximum Gasteiger partial charge on any atom is 0.306 e. The second kappa shape index (κ2) is 65.0. The van der Waals surface area contributed by atoms with Crippen molar-refractivity contribution in [2.75, 3.05) is 13.2 Å². The van der Waals surface area contributed by atoms with Gasteiger partial charge in [-0.3, -0.25) is 14.4 Å². The minimum Gasteiger partial charge on any atom is -0.462 e. The topological polar surface area (TPSA) is 78.9 Å². The highest BCUT2D eigenvalue weighted by Crippen LogP contribution is 2.13. The first-order valence-electron chi connectivity index (χ1n) is 31.3. The molecule has 0 heterocycles. The molecule has 440 valence electrons. The van der Waals surface area contributed by atoms with E-state index in [0.29, 0.717) is 19.3 Å². The third-order valence-electron chi connectivity index (χ3n) is 12.4. The van der Waals surface area contributed by atoms with Crippen LogP contribution in [-0.2, 0) is 28.6 Å². The van der Waals surface area contributed by atoms with Gasteiger partial charge in [0.2, 0.25) is 0 Å². The second-order valence-corrected chi connectivity index (χ2v) is 19.8. The molecule has 0 aliphatic rings. The summed E-state index contributed by atoms with van der Waals surface area (Å²) in [6.45, 7) is 6.26. The molecule has 1 unspecified atom stereocenters. The molecular formula is C73H112O6. The molecule has 0 amide bonds. The zero-order chi connectivity index (χ0) is 57.1. The van der Waals surface area contributed by atoms with Crippen molar-refractivity contribution in [2.24, 2.45) is 0 Å². The van der Waals surface area contributed by atoms with Crippen LogP contribution in [0.1, 0.15) is 239 Å². The van der Waals surface area contributed by atoms with Crippen molar-refractivity contribution in [3.05, 3.63) is 182 Å². The van der Waals surface area contributed by atoms with E-state index in [1.807, 2.05) is 0 Å². The van der Waals surface area contributed by atoms with Crippen LogP contribution in [0.5, 0.6) is 0 Å². The molecule has 0 saturated carbocycles. The fraction of sp³-hybridized carbons (Fsp3) is 0.548. The number of hydrogen-bond acceptors (Lipinski definition) is 6. The highest BCUT2D eigenvalue weighted by molar-refractivity contribution is 5.71. The van der Waals surface area contributed by atoms with Gasteiger partial charge in [0.15, 0.2) is 6.10 Å². The van der Waals surface area contributed by atoms with Crippen molar-refractivity contribution >= 4 is 17.9 Å². The van der Waals surface area contributed by atoms with Crippen molar-refractivity contribution in [3.63, 3.8) is 0 Å². The van der Waals surface area contributed by atoms with Crippen molar-refractivity contribution in [3.8, 4) is 0 Å². The van der Waals surface area contributed by atoms with Crippen LogP contribution < -0.4 is 0 Å². The molecule has 0 saturated heterocycles. The van der Waals surface area contributed by atoms with E-state index in [2.05, 4.69) is 203 Å². The highest BCUT2D eigenvalue weighted by atomic mass is 16.6. The van der Waals surface area contributed by atoms with Crippen molar-refractivity contribution in [1.29, 1.82) is 0 Å². The first kappa shape index (κ1) is 73.5. The van der Waals surface area contributed by atoms with Gasteiger partial charge in [0.1, 0.15) is 13.2 Å². The summed E-state index contributed by atoms with van der Waals surface area (Å²) in [6, 6.07) is 0. The molecule has 0 radical (unpaired) electrons. The molecule has 0 bridgehead atoms. The lowest BCUT2D eigenvalue weighted by Crippen LogP contribution is -2.30. The number of hydrogen-bond donors (Lipinski definition) is 0. The van der Waals surface area contributed by atoms with E-state index >= 15 is 0 Å². The molecule has 0 N–H and O–H groups in total. The van der Waals surface area contributed by atoms with Gasteiger partial charge in [-0.05, 0) is 154 Å². The molecule has 0 rings (SSSR count). The predicted octanol–water partition coefficient (Wildman–Crippen LogP) is 21.7. The van der Waals surface area contributed by atoms with Gasteiger partial charge in [0, 0.05) is 19.3 Å². The Kier molecular flexibility index (Phi) is 60.5. The molecule has 6 heteroatoms. The zero-order valence-corrected chi connectivity index (χ0v) is 50.3. The van der Waals surface area contributed by atoms with Crippen LogP contribution in [0.3, 0.4) is 0 Å². The number of ether oxygens (including phenoxy) is 3. The van der Waals surface area contributed by atoms with E-state index in [0.717, 1.165) is 186 Å². The molecule has 79 heavy (non-hydrogen) atoms. The van der Waals surface area contributed by atoms with Gasteiger partial charge >= 0.3 is 17.9 Å². The summed E-state index contributed by atoms with van der Waals surface area (Å²) < 4.78 is 16.8. The zero-order valence-electron chi connectivity index (χ0n) is 50.3. The van der Waals surface area contributed by atoms with Crippen LogP contribution in [0, 0.1) is 0 Å². The molecule has 0 aliphatic carbocycles. The lowest BCUT2D eigenvalue weighted by atomic mass is 10.1. The monoisotopic (exact) mass is 1080 g/mol. The van der Waals surface area contributed by atoms with Gasteiger partial charge in [-0.25, -0.2) is 0 Å². The molecule has 0 fully saturated rings. The third-order valence-corrected chi connectivity index (χ3v) is 12.4. The van der Waals surface area contributed by atoms with E-state index in [9.17, 15) is 14.4 Å². The predicted molar refractivity (Wildman–Crippen MR) is 343 cm³/mol. The lowest BCUT2D eigenvalue weighted by molar-refractivity contribution is -0.167. The Morgan fingerprint density at radius 1 is 0.266 bits per heavy atom. The van der Waals surface area contributed by atoms with Crippen LogP contribution in [-0.4, -0.2) is 37.2 Å². The summed E-state index contributed by atoms with van der Waals surface area (Å²) in [5.41, 5.74) is 0. The van der Waals surface area contributed by atoms with Crippen molar-refractivity contribution in [1.82, 2.24) is 0 Å². The Morgan fingerprint density at radius 2 is 0.494 bits per heavy atom. The summed E-state index contributed by atoms with van der Waals surface area (Å²) in [5, 5.41) is 0. The van der Waals surface area contributed by atoms with Crippen LogP contribution in [0.15, 0.2) is 182 Å². The van der Waals surface area contributed by atoms with Crippen molar-refractivity contribution < 1.29 is 28.6 Å². The van der Waals surface area contributed by atoms with Crippen LogP contribution in [0.2, 0.25) is 0 Å². The average Bonchev–Trinajstić information content (AvgIpc) is 3.45. The maximum atomic E-state index is 12.8. The highest BCUT2D eigenvalue weighted by Gasteiger charge is 2.19. The van der Waals surface area contributed by atoms with Gasteiger partial charge in [0.05, 0.1) is 0 Å². The first-order chi connectivity index (χ1) is 39.0. The molecular weight excluding hydrogens is 973 g/mol. The molecule has 0 aromatic rings. The van der Waals surface area contributed by atoms with Crippen LogP contribution in [0.25, 0.3) is 0 Å². The van der Waals surface area contributed by atoms with E-state index in [1.165, 1.54) is 6.42 Å². The molecule has 0 aromatic carbocycles. The molecule has 6 nitrogen and oxygen atoms in total. The molecule has 0 spiro atoms. The van der Waals surface area contributed by atoms with Crippen molar-refractivity contribution in [2.45, 2.75) is 245 Å². The van der Waals surface area contributed by atoms with Gasteiger partial charge < -0.3 is 14.2 Å². The molecule has 0 aliphatic heterocycles. The molecule has 0 aromatic heterocycles. The number of esters is 3. The Hall–Kier alpha value is -5.49. The summed E-state index contributed by atoms with van der Waals surface area (Å²) in [5.74, 6) is -0.993. The summed E-state index contributed by atoms with van der Waals surface area (Å²) in [4.78, 5) is 38.1. The normalized spacial score (nSPS) is 13.4. The number of rotatable bonds is 54. The lowest BCUT2D eigenvalue weighted by Gasteiger charge is -2.18. The minimum absolute atomic E-state index is 0.114. The number of carbonyl (C=O) groups excluding carboxylic acids is 3. The summed E-state index contributed by atoms with van der Waals surface area (Å²) >= 11 is 0. The number of allylic oxidation sites excluding steroid dienone is 30. The Balaban J connectivity index is 4.34. The van der Waals surface area contributed by atoms with Gasteiger partial charge in [-0.1, -0.05) is 248 Å². The van der Waals surface area contributed by atoms with Crippen LogP contribution >= 0.6 is 0 Å². The van der Waals surface area contributed by atoms with E-state index in [1.54, 1.807) is 0 Å². The third kappa shape index (κ3) is 63.2. The van der Waals surface area contributed by atoms with Gasteiger partial charge in [0.25, 0.3) is 0 Å². The summed E-state index contributed by atoms with van der Waals surface area (Å²) in [6.07, 6.45) is 97.6. The standard InChI is InChI=1S/C73H112O6/c1-4-7-10-13-16-19-22-25-26-27-28-29-30-31-32-33-34-35-36-37-38-39-40-41-42-43-44-45-46-49-51-54-57-60-63-66-72(75)78-69-70(79-73(76)67-64-61-58-55-52-48-24-21-18-15-12-9-6-3)68-77-71(74)65-62-59-56-53-50-47-23-20-17-14-11-8-5-2/h7,9-12,14,16,18-21,23,25-26,28-29,31-32,34-35,37-38,40-41,43-44,46,48-49,52,70H,4-6,8,13,15,17,22,24,27,30,33,36,39,42,45,47,50-51,53-69H2,1-3H3/b10-7-,12-9-,14-11-,19-16-,21-18-,23-20-,26-25-,29-28-,32-31-,35-34-,38-37-,41-40-,44-43-,49-46-,52-48-. The van der Waals surface area contributed by atoms with Gasteiger partial charge in [-0.2, -0.15) is 0 Å². The number of unbranched alkanes of at least 4 members (excludes halogenated alkanes) is 13. The average molecular weight is 1090 g/mol. The minimum atomic E-state index is -0.819. The van der Waals surface area contributed by atoms with Gasteiger partial charge in [-0.15, -0.1) is 0 Å². The molecule has 1 atom stereocenters. The van der Waals surface area contributed by atoms with Crippen LogP contribution in [0.4, 0.5) is 0 Å². The SMILES string of the molecule is CC/C=C\C/C=C\C/C=C\C/C=C\C/C=C\C/C=C\C/C=C\C/C=C\C/C=C\C/C=C\CCCCCCC(=O)OCC(COC(=O)CCCCCCC/C=C\C/C=C\CCC)OC(=O)CCCCC/C=C\C/C=C\C/C=C\CC. The van der Waals surface area contributed by atoms with E-state index in [-0.39, 0.29) is 37.5 Å². The maximum absolute atomic E-state index is 12.8. The Bertz CT molecular complexity index is 1870. The fourth-order valence-electron chi connectivity index (χ4n) is 7.76. The second-order valence-electron chi connectivity index (χ2n) is 19.8. The largest absolute Gasteiger partial charge is 0.462 e. The Labute approximate surface area is 484 Å². The fourth-order valence-corrected chi connectivity index (χ4v) is 7.76. The first-order valence-corrected chi connectivity index (χ1v) is 31.3. The quantitative estimate of drug-likeness (QED) is 0.0261. The van der Waals surface area contributed by atoms with E-state index in [4.69, 9.17) is 14.2 Å². The number of carbonyl (C=O) groups is 3.